The zero-order valence-electron chi connectivity index (χ0n) is 13.0. The quantitative estimate of drug-likeness (QED) is 0.758. The Bertz CT molecular complexity index is 729. The molecule has 1 N–H and O–H groups in total. The van der Waals surface area contributed by atoms with E-state index in [1.54, 1.807) is 30.5 Å². The van der Waals surface area contributed by atoms with E-state index in [9.17, 15) is 8.42 Å². The lowest BCUT2D eigenvalue weighted by Gasteiger charge is -2.12. The molecule has 0 saturated heterocycles. The second-order valence-electron chi connectivity index (χ2n) is 5.00. The number of benzene rings is 1. The molecule has 0 aliphatic carbocycles. The largest absolute Gasteiger partial charge is 0.492 e. The van der Waals surface area contributed by atoms with Gasteiger partial charge in [0.15, 0.2) is 0 Å². The van der Waals surface area contributed by atoms with E-state index in [-0.39, 0.29) is 4.90 Å². The van der Waals surface area contributed by atoms with Crippen LogP contribution in [0.1, 0.15) is 33.1 Å². The fraction of sp³-hybridized carbons (Fsp3) is 0.438. The highest BCUT2D eigenvalue weighted by Gasteiger charge is 2.19. The predicted octanol–water partition coefficient (Wildman–Crippen LogP) is 3.10. The molecule has 0 fully saturated rings. The van der Waals surface area contributed by atoms with Gasteiger partial charge in [0.25, 0.3) is 0 Å². The fourth-order valence-corrected chi connectivity index (χ4v) is 3.56. The molecule has 120 valence electrons. The van der Waals surface area contributed by atoms with Crippen LogP contribution in [-0.2, 0) is 10.0 Å². The van der Waals surface area contributed by atoms with Gasteiger partial charge in [0.2, 0.25) is 10.0 Å². The van der Waals surface area contributed by atoms with Crippen molar-refractivity contribution in [1.82, 2.24) is 9.71 Å². The van der Waals surface area contributed by atoms with Crippen molar-refractivity contribution in [3.05, 3.63) is 30.5 Å². The molecule has 2 rings (SSSR count). The number of rotatable bonds is 8. The lowest BCUT2D eigenvalue weighted by molar-refractivity contribution is 0.343. The maximum atomic E-state index is 12.5. The second kappa shape index (κ2) is 7.56. The molecule has 1 aromatic carbocycles. The van der Waals surface area contributed by atoms with Gasteiger partial charge < -0.3 is 4.74 Å². The molecule has 2 aromatic rings. The molecule has 0 aliphatic heterocycles. The zero-order chi connectivity index (χ0) is 16.0. The normalized spacial score (nSPS) is 11.7. The summed E-state index contributed by atoms with van der Waals surface area (Å²) in [5.74, 6) is 0.600. The molecule has 0 amide bonds. The average molecular weight is 322 g/mol. The van der Waals surface area contributed by atoms with E-state index in [0.29, 0.717) is 29.8 Å². The summed E-state index contributed by atoms with van der Waals surface area (Å²) in [7, 11) is -3.54. The molecular formula is C16H22N2O3S. The molecule has 0 spiro atoms. The van der Waals surface area contributed by atoms with Crippen molar-refractivity contribution in [2.45, 2.75) is 38.0 Å². The highest BCUT2D eigenvalue weighted by atomic mass is 32.2. The highest BCUT2D eigenvalue weighted by molar-refractivity contribution is 7.89. The van der Waals surface area contributed by atoms with Crippen LogP contribution in [0.5, 0.6) is 5.75 Å². The van der Waals surface area contributed by atoms with Crippen molar-refractivity contribution in [2.75, 3.05) is 13.2 Å². The first-order chi connectivity index (χ1) is 10.6. The van der Waals surface area contributed by atoms with Crippen LogP contribution in [0.3, 0.4) is 0 Å². The molecule has 5 nitrogen and oxygen atoms in total. The number of hydrogen-bond donors (Lipinski definition) is 1. The van der Waals surface area contributed by atoms with Crippen molar-refractivity contribution < 1.29 is 13.2 Å². The summed E-state index contributed by atoms with van der Waals surface area (Å²) < 4.78 is 33.2. The number of ether oxygens (including phenoxy) is 1. The second-order valence-corrected chi connectivity index (χ2v) is 6.73. The van der Waals surface area contributed by atoms with Crippen molar-refractivity contribution in [3.8, 4) is 5.75 Å². The molecule has 0 atom stereocenters. The molecule has 0 unspecified atom stereocenters. The van der Waals surface area contributed by atoms with Crippen LogP contribution in [0.15, 0.2) is 35.4 Å². The fourth-order valence-electron chi connectivity index (χ4n) is 2.29. The number of nitrogens with one attached hydrogen (secondary N) is 1. The summed E-state index contributed by atoms with van der Waals surface area (Å²) in [5.41, 5.74) is 0.570. The van der Waals surface area contributed by atoms with Crippen LogP contribution in [0.2, 0.25) is 0 Å². The number of fused-ring (bicyclic) bond motifs is 1. The van der Waals surface area contributed by atoms with Gasteiger partial charge in [-0.3, -0.25) is 4.98 Å². The van der Waals surface area contributed by atoms with Gasteiger partial charge in [-0.05, 0) is 37.6 Å². The van der Waals surface area contributed by atoms with Crippen LogP contribution in [0.25, 0.3) is 10.9 Å². The van der Waals surface area contributed by atoms with Gasteiger partial charge in [0.05, 0.1) is 11.5 Å². The van der Waals surface area contributed by atoms with Gasteiger partial charge in [0, 0.05) is 18.1 Å². The SMILES string of the molecule is CCCCCNS(=O)(=O)c1ccc(OCC)c2ncccc12. The summed E-state index contributed by atoms with van der Waals surface area (Å²) >= 11 is 0. The number of hydrogen-bond acceptors (Lipinski definition) is 4. The first-order valence-corrected chi connectivity index (χ1v) is 9.08. The molecule has 0 aliphatic rings. The Hall–Kier alpha value is -1.66. The Labute approximate surface area is 131 Å². The van der Waals surface area contributed by atoms with Crippen LogP contribution in [0, 0.1) is 0 Å². The van der Waals surface area contributed by atoms with Gasteiger partial charge in [-0.2, -0.15) is 0 Å². The Morgan fingerprint density at radius 3 is 2.73 bits per heavy atom. The topological polar surface area (TPSA) is 68.3 Å². The number of nitrogens with zero attached hydrogens (tertiary/aromatic N) is 1. The third kappa shape index (κ3) is 3.75. The minimum Gasteiger partial charge on any atom is -0.492 e. The summed E-state index contributed by atoms with van der Waals surface area (Å²) in [6, 6.07) is 6.73. The molecular weight excluding hydrogens is 300 g/mol. The summed E-state index contributed by atoms with van der Waals surface area (Å²) in [4.78, 5) is 4.51. The van der Waals surface area contributed by atoms with Crippen molar-refractivity contribution in [3.63, 3.8) is 0 Å². The Morgan fingerprint density at radius 2 is 2.00 bits per heavy atom. The summed E-state index contributed by atoms with van der Waals surface area (Å²) in [5, 5.41) is 0.580. The Balaban J connectivity index is 2.37. The lowest BCUT2D eigenvalue weighted by Crippen LogP contribution is -2.25. The monoisotopic (exact) mass is 322 g/mol. The van der Waals surface area contributed by atoms with Gasteiger partial charge in [-0.1, -0.05) is 19.8 Å². The molecule has 22 heavy (non-hydrogen) atoms. The maximum absolute atomic E-state index is 12.5. The lowest BCUT2D eigenvalue weighted by atomic mass is 10.2. The van der Waals surface area contributed by atoms with E-state index in [4.69, 9.17) is 4.74 Å². The number of unbranched alkanes of at least 4 members (excludes halogenated alkanes) is 2. The van der Waals surface area contributed by atoms with E-state index < -0.39 is 10.0 Å². The zero-order valence-corrected chi connectivity index (χ0v) is 13.8. The van der Waals surface area contributed by atoms with E-state index in [1.165, 1.54) is 0 Å². The highest BCUT2D eigenvalue weighted by Crippen LogP contribution is 2.29. The summed E-state index contributed by atoms with van der Waals surface area (Å²) in [6.07, 6.45) is 4.53. The Morgan fingerprint density at radius 1 is 1.18 bits per heavy atom. The van der Waals surface area contributed by atoms with Gasteiger partial charge >= 0.3 is 0 Å². The van der Waals surface area contributed by atoms with Crippen LogP contribution in [0.4, 0.5) is 0 Å². The first-order valence-electron chi connectivity index (χ1n) is 7.60. The van der Waals surface area contributed by atoms with E-state index in [2.05, 4.69) is 16.6 Å². The van der Waals surface area contributed by atoms with E-state index in [1.807, 2.05) is 6.92 Å². The van der Waals surface area contributed by atoms with Crippen molar-refractivity contribution in [2.24, 2.45) is 0 Å². The molecule has 1 aromatic heterocycles. The third-order valence-corrected chi connectivity index (χ3v) is 4.87. The third-order valence-electron chi connectivity index (χ3n) is 3.35. The first kappa shape index (κ1) is 16.7. The number of sulfonamides is 1. The van der Waals surface area contributed by atoms with Crippen molar-refractivity contribution in [1.29, 1.82) is 0 Å². The molecule has 1 heterocycles. The standard InChI is InChI=1S/C16H22N2O3S/c1-3-5-6-12-18-22(19,20)15-10-9-14(21-4-2)16-13(15)8-7-11-17-16/h7-11,18H,3-6,12H2,1-2H3. The number of aromatic nitrogens is 1. The van der Waals surface area contributed by atoms with Crippen molar-refractivity contribution >= 4 is 20.9 Å². The van der Waals surface area contributed by atoms with E-state index >= 15 is 0 Å². The predicted molar refractivity (Wildman–Crippen MR) is 87.6 cm³/mol. The molecule has 0 radical (unpaired) electrons. The van der Waals surface area contributed by atoms with Gasteiger partial charge in [-0.25, -0.2) is 13.1 Å². The molecule has 6 heteroatoms. The minimum absolute atomic E-state index is 0.246. The smallest absolute Gasteiger partial charge is 0.241 e. The average Bonchev–Trinajstić information content (AvgIpc) is 2.52. The van der Waals surface area contributed by atoms with Gasteiger partial charge in [0.1, 0.15) is 11.3 Å². The van der Waals surface area contributed by atoms with Crippen LogP contribution in [-0.4, -0.2) is 26.6 Å². The van der Waals surface area contributed by atoms with Crippen LogP contribution < -0.4 is 9.46 Å². The summed E-state index contributed by atoms with van der Waals surface area (Å²) in [6.45, 7) is 4.92. The minimum atomic E-state index is -3.54. The molecule has 0 saturated carbocycles. The van der Waals surface area contributed by atoms with E-state index in [0.717, 1.165) is 19.3 Å². The van der Waals surface area contributed by atoms with Crippen LogP contribution >= 0.6 is 0 Å². The molecule has 0 bridgehead atoms. The Kier molecular flexibility index (Phi) is 5.74. The maximum Gasteiger partial charge on any atom is 0.241 e. The van der Waals surface area contributed by atoms with Gasteiger partial charge in [-0.15, -0.1) is 0 Å². The number of pyridine rings is 1.